The quantitative estimate of drug-likeness (QED) is 0.317. The van der Waals surface area contributed by atoms with E-state index in [0.29, 0.717) is 18.2 Å². The van der Waals surface area contributed by atoms with E-state index < -0.39 is 6.10 Å². The average Bonchev–Trinajstić information content (AvgIpc) is 2.69. The Morgan fingerprint density at radius 2 is 1.70 bits per heavy atom. The summed E-state index contributed by atoms with van der Waals surface area (Å²) >= 11 is 0. The summed E-state index contributed by atoms with van der Waals surface area (Å²) in [6.07, 6.45) is 9.68. The number of rotatable bonds is 11. The molecule has 1 unspecified atom stereocenters. The van der Waals surface area contributed by atoms with E-state index >= 15 is 0 Å². The first kappa shape index (κ1) is 21.0. The number of aryl methyl sites for hydroxylation is 1. The summed E-state index contributed by atoms with van der Waals surface area (Å²) in [6.45, 7) is 6.61. The molecule has 146 valence electrons. The Balaban J connectivity index is 1.84. The number of esters is 1. The maximum Gasteiger partial charge on any atom is 0.340 e. The molecular weight excluding hydrogens is 340 g/mol. The minimum absolute atomic E-state index is 0.376. The fraction of sp³-hybridized carbons (Fsp3) is 0.500. The van der Waals surface area contributed by atoms with E-state index in [4.69, 9.17) is 9.47 Å². The molecule has 2 aromatic rings. The molecule has 2 rings (SSSR count). The largest absolute Gasteiger partial charge is 0.425 e. The molecule has 0 fully saturated rings. The third-order valence-electron chi connectivity index (χ3n) is 4.27. The van der Waals surface area contributed by atoms with Crippen molar-refractivity contribution < 1.29 is 14.3 Å². The molecule has 0 amide bonds. The third kappa shape index (κ3) is 7.10. The molecular formula is C22H30N2O3. The van der Waals surface area contributed by atoms with Crippen LogP contribution in [0.4, 0.5) is 0 Å². The fourth-order valence-corrected chi connectivity index (χ4v) is 2.65. The van der Waals surface area contributed by atoms with Crippen LogP contribution in [0.1, 0.15) is 58.4 Å². The number of carbonyl (C=O) groups is 1. The number of hydrogen-bond donors (Lipinski definition) is 0. The summed E-state index contributed by atoms with van der Waals surface area (Å²) in [7, 11) is 0. The minimum Gasteiger partial charge on any atom is -0.425 e. The maximum absolute atomic E-state index is 12.1. The maximum atomic E-state index is 12.1. The van der Waals surface area contributed by atoms with Gasteiger partial charge in [0.2, 0.25) is 0 Å². The summed E-state index contributed by atoms with van der Waals surface area (Å²) in [5.74, 6) is 0.780. The van der Waals surface area contributed by atoms with Gasteiger partial charge in [0.15, 0.2) is 11.9 Å². The number of carbonyl (C=O) groups excluding carboxylic acids is 1. The van der Waals surface area contributed by atoms with Crippen molar-refractivity contribution >= 4 is 5.97 Å². The van der Waals surface area contributed by atoms with Crippen LogP contribution in [-0.4, -0.2) is 28.6 Å². The van der Waals surface area contributed by atoms with Crippen molar-refractivity contribution in [2.45, 2.75) is 65.4 Å². The van der Waals surface area contributed by atoms with Gasteiger partial charge in [0.05, 0.1) is 0 Å². The van der Waals surface area contributed by atoms with Crippen LogP contribution in [0.5, 0.6) is 5.75 Å². The van der Waals surface area contributed by atoms with E-state index in [9.17, 15) is 4.79 Å². The van der Waals surface area contributed by atoms with Crippen LogP contribution in [0.3, 0.4) is 0 Å². The van der Waals surface area contributed by atoms with Crippen molar-refractivity contribution in [2.75, 3.05) is 6.61 Å². The Morgan fingerprint density at radius 1 is 1.00 bits per heavy atom. The Bertz CT molecular complexity index is 684. The van der Waals surface area contributed by atoms with Crippen molar-refractivity contribution in [3.63, 3.8) is 0 Å². The fourth-order valence-electron chi connectivity index (χ4n) is 2.65. The second-order valence-corrected chi connectivity index (χ2v) is 6.68. The van der Waals surface area contributed by atoms with Crippen molar-refractivity contribution in [3.05, 3.63) is 42.2 Å². The van der Waals surface area contributed by atoms with Gasteiger partial charge in [-0.05, 0) is 49.6 Å². The number of nitrogens with zero attached hydrogens (tertiary/aromatic N) is 2. The Hall–Kier alpha value is -2.27. The molecule has 0 spiro atoms. The zero-order valence-electron chi connectivity index (χ0n) is 16.6. The molecule has 5 heteroatoms. The summed E-state index contributed by atoms with van der Waals surface area (Å²) in [5.41, 5.74) is 2.02. The number of benzene rings is 1. The second-order valence-electron chi connectivity index (χ2n) is 6.68. The van der Waals surface area contributed by atoms with Gasteiger partial charge < -0.3 is 9.47 Å². The Labute approximate surface area is 162 Å². The average molecular weight is 370 g/mol. The van der Waals surface area contributed by atoms with Gasteiger partial charge in [-0.15, -0.1) is 0 Å². The van der Waals surface area contributed by atoms with Gasteiger partial charge in [-0.1, -0.05) is 39.5 Å². The lowest BCUT2D eigenvalue weighted by Crippen LogP contribution is -2.26. The summed E-state index contributed by atoms with van der Waals surface area (Å²) < 4.78 is 10.9. The van der Waals surface area contributed by atoms with E-state index in [-0.39, 0.29) is 5.97 Å². The predicted molar refractivity (Wildman–Crippen MR) is 107 cm³/mol. The Kier molecular flexibility index (Phi) is 8.92. The van der Waals surface area contributed by atoms with Crippen LogP contribution in [0.2, 0.25) is 0 Å². The van der Waals surface area contributed by atoms with Crippen molar-refractivity contribution in [3.8, 4) is 17.1 Å². The third-order valence-corrected chi connectivity index (χ3v) is 4.27. The first-order valence-corrected chi connectivity index (χ1v) is 9.88. The van der Waals surface area contributed by atoms with Gasteiger partial charge in [0, 0.05) is 24.6 Å². The molecule has 1 heterocycles. The lowest BCUT2D eigenvalue weighted by atomic mass is 10.2. The number of hydrogen-bond acceptors (Lipinski definition) is 5. The molecule has 0 saturated heterocycles. The van der Waals surface area contributed by atoms with Gasteiger partial charge in [-0.2, -0.15) is 0 Å². The molecule has 0 aliphatic carbocycles. The molecule has 5 nitrogen and oxygen atoms in total. The highest BCUT2D eigenvalue weighted by atomic mass is 16.6. The van der Waals surface area contributed by atoms with E-state index in [2.05, 4.69) is 23.8 Å². The van der Waals surface area contributed by atoms with Crippen molar-refractivity contribution in [2.24, 2.45) is 0 Å². The van der Waals surface area contributed by atoms with Gasteiger partial charge >= 0.3 is 5.97 Å². The van der Waals surface area contributed by atoms with E-state index in [1.807, 2.05) is 24.5 Å². The number of unbranched alkanes of at least 4 members (excludes halogenated alkanes) is 3. The highest BCUT2D eigenvalue weighted by molar-refractivity contribution is 5.77. The molecule has 1 aromatic heterocycles. The van der Waals surface area contributed by atoms with Crippen LogP contribution in [0.25, 0.3) is 11.4 Å². The molecule has 0 radical (unpaired) electrons. The van der Waals surface area contributed by atoms with Crippen LogP contribution in [0, 0.1) is 0 Å². The Morgan fingerprint density at radius 3 is 2.33 bits per heavy atom. The monoisotopic (exact) mass is 370 g/mol. The summed E-state index contributed by atoms with van der Waals surface area (Å²) in [6, 6.07) is 7.22. The van der Waals surface area contributed by atoms with E-state index in [1.165, 1.54) is 12.8 Å². The SMILES string of the molecule is CCCCCCOC(C)C(=O)Oc1ccc(-c2ncc(CCC)cn2)cc1. The molecule has 1 aromatic carbocycles. The second kappa shape index (κ2) is 11.4. The molecule has 0 N–H and O–H groups in total. The first-order valence-electron chi connectivity index (χ1n) is 9.88. The van der Waals surface area contributed by atoms with Gasteiger partial charge in [-0.25, -0.2) is 14.8 Å². The topological polar surface area (TPSA) is 61.3 Å². The minimum atomic E-state index is -0.569. The van der Waals surface area contributed by atoms with E-state index in [1.54, 1.807) is 19.1 Å². The van der Waals surface area contributed by atoms with Crippen LogP contribution in [-0.2, 0) is 16.0 Å². The molecule has 0 bridgehead atoms. The lowest BCUT2D eigenvalue weighted by Gasteiger charge is -2.12. The molecule has 0 aliphatic heterocycles. The standard InChI is InChI=1S/C22H30N2O3/c1-4-6-7-8-14-26-17(3)22(25)27-20-12-10-19(11-13-20)21-23-15-18(9-5-2)16-24-21/h10-13,15-17H,4-9,14H2,1-3H3. The number of aromatic nitrogens is 2. The predicted octanol–water partition coefficient (Wildman–Crippen LogP) is 4.99. The highest BCUT2D eigenvalue weighted by Gasteiger charge is 2.16. The molecule has 27 heavy (non-hydrogen) atoms. The van der Waals surface area contributed by atoms with Crippen molar-refractivity contribution in [1.29, 1.82) is 0 Å². The van der Waals surface area contributed by atoms with Crippen LogP contribution in [0.15, 0.2) is 36.7 Å². The zero-order chi connectivity index (χ0) is 19.5. The number of ether oxygens (including phenoxy) is 2. The van der Waals surface area contributed by atoms with Gasteiger partial charge in [0.1, 0.15) is 5.75 Å². The summed E-state index contributed by atoms with van der Waals surface area (Å²) in [5, 5.41) is 0. The lowest BCUT2D eigenvalue weighted by molar-refractivity contribution is -0.146. The molecule has 1 atom stereocenters. The van der Waals surface area contributed by atoms with Gasteiger partial charge in [0.25, 0.3) is 0 Å². The normalized spacial score (nSPS) is 12.0. The van der Waals surface area contributed by atoms with Crippen LogP contribution < -0.4 is 4.74 Å². The highest BCUT2D eigenvalue weighted by Crippen LogP contribution is 2.20. The van der Waals surface area contributed by atoms with Crippen LogP contribution >= 0.6 is 0 Å². The molecule has 0 aliphatic rings. The molecule has 0 saturated carbocycles. The van der Waals surface area contributed by atoms with E-state index in [0.717, 1.165) is 36.8 Å². The zero-order valence-corrected chi connectivity index (χ0v) is 16.6. The summed E-state index contributed by atoms with van der Waals surface area (Å²) in [4.78, 5) is 20.9. The smallest absolute Gasteiger partial charge is 0.340 e. The van der Waals surface area contributed by atoms with Crippen molar-refractivity contribution in [1.82, 2.24) is 9.97 Å². The van der Waals surface area contributed by atoms with Gasteiger partial charge in [-0.3, -0.25) is 0 Å². The first-order chi connectivity index (χ1) is 13.1.